The molecule has 1 saturated heterocycles. The van der Waals surface area contributed by atoms with Gasteiger partial charge in [0, 0.05) is 6.04 Å². The molecule has 0 bridgehead atoms. The maximum atomic E-state index is 2.79. The number of rotatable bonds is 3. The highest BCUT2D eigenvalue weighted by atomic mass is 15.2. The van der Waals surface area contributed by atoms with Gasteiger partial charge in [-0.25, -0.2) is 0 Å². The van der Waals surface area contributed by atoms with E-state index < -0.39 is 0 Å². The molecule has 0 N–H and O–H groups in total. The van der Waals surface area contributed by atoms with Gasteiger partial charge in [0.2, 0.25) is 0 Å². The zero-order valence-electron chi connectivity index (χ0n) is 11.2. The molecule has 1 aliphatic heterocycles. The molecule has 1 heterocycles. The molecule has 1 atom stereocenters. The van der Waals surface area contributed by atoms with Crippen LogP contribution in [0, 0.1) is 5.92 Å². The first-order valence-corrected chi connectivity index (χ1v) is 7.84. The predicted molar refractivity (Wildman–Crippen MR) is 73.1 cm³/mol. The molecular formula is C16H27N. The molecule has 0 amide bonds. The summed E-state index contributed by atoms with van der Waals surface area (Å²) in [5.41, 5.74) is 1.80. The molecule has 2 fully saturated rings. The van der Waals surface area contributed by atoms with Crippen molar-refractivity contribution >= 4 is 0 Å². The van der Waals surface area contributed by atoms with E-state index in [0.717, 1.165) is 12.0 Å². The number of hydrogen-bond donors (Lipinski definition) is 0. The zero-order chi connectivity index (χ0) is 11.5. The van der Waals surface area contributed by atoms with E-state index in [4.69, 9.17) is 0 Å². The second kappa shape index (κ2) is 5.56. The summed E-state index contributed by atoms with van der Waals surface area (Å²) in [6.45, 7) is 2.76. The van der Waals surface area contributed by atoms with Crippen LogP contribution in [0.3, 0.4) is 0 Å². The molecule has 17 heavy (non-hydrogen) atoms. The third kappa shape index (κ3) is 3.34. The maximum Gasteiger partial charge on any atom is 0.0101 e. The minimum Gasteiger partial charge on any atom is -0.300 e. The highest BCUT2D eigenvalue weighted by molar-refractivity contribution is 5.08. The molecule has 1 unspecified atom stereocenters. The Bertz CT molecular complexity index is 271. The van der Waals surface area contributed by atoms with Gasteiger partial charge in [0.25, 0.3) is 0 Å². The fourth-order valence-corrected chi connectivity index (χ4v) is 3.61. The summed E-state index contributed by atoms with van der Waals surface area (Å²) in [5.74, 6) is 1.08. The molecule has 0 spiro atoms. The fourth-order valence-electron chi connectivity index (χ4n) is 3.61. The van der Waals surface area contributed by atoms with Crippen molar-refractivity contribution in [2.75, 3.05) is 13.1 Å². The Balaban J connectivity index is 1.49. The Kier molecular flexibility index (Phi) is 3.85. The second-order valence-corrected chi connectivity index (χ2v) is 6.38. The van der Waals surface area contributed by atoms with Crippen LogP contribution in [0.25, 0.3) is 0 Å². The van der Waals surface area contributed by atoms with Crippen LogP contribution >= 0.6 is 0 Å². The lowest BCUT2D eigenvalue weighted by molar-refractivity contribution is 0.150. The molecule has 0 aromatic rings. The van der Waals surface area contributed by atoms with E-state index in [0.29, 0.717) is 0 Å². The van der Waals surface area contributed by atoms with Gasteiger partial charge in [-0.2, -0.15) is 0 Å². The van der Waals surface area contributed by atoms with Gasteiger partial charge in [-0.1, -0.05) is 18.1 Å². The summed E-state index contributed by atoms with van der Waals surface area (Å²) in [6, 6.07) is 0.906. The van der Waals surface area contributed by atoms with Crippen LogP contribution in [0.15, 0.2) is 11.6 Å². The number of nitrogens with zero attached hydrogens (tertiary/aromatic N) is 1. The Morgan fingerprint density at radius 2 is 1.82 bits per heavy atom. The maximum absolute atomic E-state index is 2.79. The van der Waals surface area contributed by atoms with Gasteiger partial charge in [0.1, 0.15) is 0 Å². The number of hydrogen-bond acceptors (Lipinski definition) is 1. The molecule has 0 radical (unpaired) electrons. The van der Waals surface area contributed by atoms with Crippen molar-refractivity contribution < 1.29 is 0 Å². The highest BCUT2D eigenvalue weighted by Crippen LogP contribution is 2.37. The van der Waals surface area contributed by atoms with Crippen molar-refractivity contribution in [1.29, 1.82) is 0 Å². The minimum atomic E-state index is 0.906. The summed E-state index contributed by atoms with van der Waals surface area (Å²) in [5, 5.41) is 0. The van der Waals surface area contributed by atoms with E-state index in [9.17, 15) is 0 Å². The van der Waals surface area contributed by atoms with Crippen LogP contribution in [-0.2, 0) is 0 Å². The Labute approximate surface area is 106 Å². The van der Waals surface area contributed by atoms with Crippen molar-refractivity contribution in [1.82, 2.24) is 4.90 Å². The molecule has 1 heteroatoms. The van der Waals surface area contributed by atoms with Crippen molar-refractivity contribution in [3.63, 3.8) is 0 Å². The first-order valence-electron chi connectivity index (χ1n) is 7.84. The van der Waals surface area contributed by atoms with Crippen LogP contribution in [0.4, 0.5) is 0 Å². The standard InChI is InChI=1S/C16H27N/c1-2-11-17(12-3-1)16-6-4-5-14(9-10-16)13-15-7-8-15/h5,15-16H,1-4,6-13H2. The average molecular weight is 233 g/mol. The molecule has 0 aromatic carbocycles. The van der Waals surface area contributed by atoms with Gasteiger partial charge in [0.15, 0.2) is 0 Å². The van der Waals surface area contributed by atoms with Gasteiger partial charge >= 0.3 is 0 Å². The lowest BCUT2D eigenvalue weighted by Crippen LogP contribution is -2.38. The van der Waals surface area contributed by atoms with Crippen molar-refractivity contribution in [3.8, 4) is 0 Å². The second-order valence-electron chi connectivity index (χ2n) is 6.38. The smallest absolute Gasteiger partial charge is 0.0101 e. The van der Waals surface area contributed by atoms with Gasteiger partial charge < -0.3 is 4.90 Å². The van der Waals surface area contributed by atoms with Crippen LogP contribution in [0.1, 0.15) is 64.2 Å². The molecule has 0 aromatic heterocycles. The molecular weight excluding hydrogens is 206 g/mol. The average Bonchev–Trinajstić information content (AvgIpc) is 3.18. The Morgan fingerprint density at radius 3 is 2.59 bits per heavy atom. The Morgan fingerprint density at radius 1 is 1.00 bits per heavy atom. The molecule has 96 valence electrons. The topological polar surface area (TPSA) is 3.24 Å². The first-order chi connectivity index (χ1) is 8.42. The van der Waals surface area contributed by atoms with Gasteiger partial charge in [0.05, 0.1) is 0 Å². The number of piperidine rings is 1. The van der Waals surface area contributed by atoms with E-state index >= 15 is 0 Å². The van der Waals surface area contributed by atoms with Crippen LogP contribution in [0.2, 0.25) is 0 Å². The lowest BCUT2D eigenvalue weighted by atomic mass is 10.0. The van der Waals surface area contributed by atoms with E-state index in [1.54, 1.807) is 5.57 Å². The fraction of sp³-hybridized carbons (Fsp3) is 0.875. The summed E-state index contributed by atoms with van der Waals surface area (Å²) >= 11 is 0. The molecule has 3 rings (SSSR count). The summed E-state index contributed by atoms with van der Waals surface area (Å²) in [4.78, 5) is 2.79. The van der Waals surface area contributed by atoms with Crippen molar-refractivity contribution in [3.05, 3.63) is 11.6 Å². The predicted octanol–water partition coefficient (Wildman–Crippen LogP) is 4.14. The first kappa shape index (κ1) is 11.8. The van der Waals surface area contributed by atoms with E-state index in [1.165, 1.54) is 77.3 Å². The van der Waals surface area contributed by atoms with Crippen LogP contribution in [-0.4, -0.2) is 24.0 Å². The minimum absolute atomic E-state index is 0.906. The van der Waals surface area contributed by atoms with Crippen molar-refractivity contribution in [2.45, 2.75) is 70.3 Å². The number of allylic oxidation sites excluding steroid dienone is 2. The van der Waals surface area contributed by atoms with Gasteiger partial charge in [-0.05, 0) is 76.8 Å². The molecule has 1 saturated carbocycles. The zero-order valence-corrected chi connectivity index (χ0v) is 11.2. The highest BCUT2D eigenvalue weighted by Gasteiger charge is 2.25. The summed E-state index contributed by atoms with van der Waals surface area (Å²) in [7, 11) is 0. The molecule has 1 nitrogen and oxygen atoms in total. The van der Waals surface area contributed by atoms with E-state index in [2.05, 4.69) is 11.0 Å². The third-order valence-corrected chi connectivity index (χ3v) is 4.89. The third-order valence-electron chi connectivity index (χ3n) is 4.89. The van der Waals surface area contributed by atoms with Crippen LogP contribution in [0.5, 0.6) is 0 Å². The lowest BCUT2D eigenvalue weighted by Gasteiger charge is -2.34. The largest absolute Gasteiger partial charge is 0.300 e. The number of likely N-dealkylation sites (tertiary alicyclic amines) is 1. The molecule has 2 aliphatic carbocycles. The van der Waals surface area contributed by atoms with E-state index in [1.807, 2.05) is 0 Å². The van der Waals surface area contributed by atoms with Crippen molar-refractivity contribution in [2.24, 2.45) is 5.92 Å². The monoisotopic (exact) mass is 233 g/mol. The summed E-state index contributed by atoms with van der Waals surface area (Å²) < 4.78 is 0. The molecule has 3 aliphatic rings. The normalized spacial score (nSPS) is 32.0. The Hall–Kier alpha value is -0.300. The quantitative estimate of drug-likeness (QED) is 0.662. The van der Waals surface area contributed by atoms with E-state index in [-0.39, 0.29) is 0 Å². The SMILES string of the molecule is C1=C(CC2CC2)CCC(N2CCCCC2)CC1. The van der Waals surface area contributed by atoms with Gasteiger partial charge in [-0.3, -0.25) is 0 Å². The van der Waals surface area contributed by atoms with Crippen LogP contribution < -0.4 is 0 Å². The summed E-state index contributed by atoms with van der Waals surface area (Å²) in [6.07, 6.45) is 17.0. The van der Waals surface area contributed by atoms with Gasteiger partial charge in [-0.15, -0.1) is 0 Å².